The number of para-hydroxylation sites is 1. The van der Waals surface area contributed by atoms with Gasteiger partial charge >= 0.3 is 0 Å². The summed E-state index contributed by atoms with van der Waals surface area (Å²) in [4.78, 5) is 21.3. The lowest BCUT2D eigenvalue weighted by molar-refractivity contribution is 0.0826. The summed E-state index contributed by atoms with van der Waals surface area (Å²) >= 11 is 0. The van der Waals surface area contributed by atoms with Gasteiger partial charge in [0.1, 0.15) is 0 Å². The molecule has 1 amide bonds. The van der Waals surface area contributed by atoms with Crippen molar-refractivity contribution in [3.05, 3.63) is 53.0 Å². The number of hydrogen-bond acceptors (Lipinski definition) is 4. The lowest BCUT2D eigenvalue weighted by Gasteiger charge is -2.36. The van der Waals surface area contributed by atoms with E-state index in [2.05, 4.69) is 52.1 Å². The average molecular weight is 377 g/mol. The van der Waals surface area contributed by atoms with E-state index in [0.29, 0.717) is 5.56 Å². The molecular weight excluding hydrogens is 350 g/mol. The Kier molecular flexibility index (Phi) is 4.79. The molecule has 6 nitrogen and oxygen atoms in total. The van der Waals surface area contributed by atoms with Crippen molar-refractivity contribution in [2.45, 2.75) is 32.6 Å². The van der Waals surface area contributed by atoms with Crippen molar-refractivity contribution in [2.24, 2.45) is 0 Å². The number of nitrogens with zero attached hydrogens (tertiary/aromatic N) is 4. The number of pyridine rings is 1. The first-order valence-corrected chi connectivity index (χ1v) is 9.82. The molecule has 3 aromatic rings. The quantitative estimate of drug-likeness (QED) is 0.756. The van der Waals surface area contributed by atoms with E-state index in [1.807, 2.05) is 6.20 Å². The molecule has 1 aromatic carbocycles. The normalized spacial score (nSPS) is 17.1. The minimum absolute atomic E-state index is 0.00189. The summed E-state index contributed by atoms with van der Waals surface area (Å²) < 4.78 is 0. The molecule has 0 bridgehead atoms. The van der Waals surface area contributed by atoms with Gasteiger partial charge in [-0.2, -0.15) is 5.10 Å². The van der Waals surface area contributed by atoms with Crippen LogP contribution in [0.5, 0.6) is 0 Å². The zero-order chi connectivity index (χ0) is 19.8. The number of amides is 1. The van der Waals surface area contributed by atoms with Crippen molar-refractivity contribution in [3.8, 4) is 0 Å². The summed E-state index contributed by atoms with van der Waals surface area (Å²) in [6, 6.07) is 6.38. The zero-order valence-electron chi connectivity index (χ0n) is 17.0. The number of carbonyl (C=O) groups is 1. The Labute approximate surface area is 165 Å². The topological polar surface area (TPSA) is 65.1 Å². The molecule has 1 fully saturated rings. The maximum Gasteiger partial charge on any atom is 0.256 e. The van der Waals surface area contributed by atoms with Gasteiger partial charge < -0.3 is 9.80 Å². The fourth-order valence-corrected chi connectivity index (χ4v) is 4.31. The molecule has 1 aliphatic rings. The number of aromatic nitrogens is 3. The monoisotopic (exact) mass is 377 g/mol. The van der Waals surface area contributed by atoms with Crippen LogP contribution >= 0.6 is 0 Å². The van der Waals surface area contributed by atoms with Crippen LogP contribution in [-0.2, 0) is 0 Å². The summed E-state index contributed by atoms with van der Waals surface area (Å²) in [7, 11) is 3.56. The smallest absolute Gasteiger partial charge is 0.256 e. The number of fused-ring (bicyclic) bond motifs is 1. The van der Waals surface area contributed by atoms with Crippen molar-refractivity contribution in [2.75, 3.05) is 32.1 Å². The van der Waals surface area contributed by atoms with Crippen LogP contribution in [0.1, 0.15) is 45.9 Å². The molecule has 0 aliphatic carbocycles. The van der Waals surface area contributed by atoms with Crippen LogP contribution in [0.3, 0.4) is 0 Å². The van der Waals surface area contributed by atoms with Crippen molar-refractivity contribution < 1.29 is 4.79 Å². The van der Waals surface area contributed by atoms with Gasteiger partial charge in [-0.1, -0.05) is 18.2 Å². The molecule has 3 heterocycles. The molecule has 0 saturated carbocycles. The molecule has 2 aromatic heterocycles. The van der Waals surface area contributed by atoms with Crippen molar-refractivity contribution in [1.82, 2.24) is 20.1 Å². The first kappa shape index (κ1) is 18.5. The highest BCUT2D eigenvalue weighted by atomic mass is 16.2. The molecule has 4 rings (SSSR count). The molecule has 0 radical (unpaired) electrons. The number of aryl methyl sites for hydroxylation is 2. The lowest BCUT2D eigenvalue weighted by Crippen LogP contribution is -2.36. The molecule has 1 aliphatic heterocycles. The number of H-pyrrole nitrogens is 1. The number of nitrogens with one attached hydrogen (secondary N) is 1. The molecule has 146 valence electrons. The van der Waals surface area contributed by atoms with Crippen LogP contribution in [0.25, 0.3) is 10.9 Å². The highest BCUT2D eigenvalue weighted by molar-refractivity contribution is 5.96. The van der Waals surface area contributed by atoms with E-state index in [0.717, 1.165) is 37.1 Å². The standard InChI is InChI=1S/C22H27N5O/c1-14-7-5-9-17-19(14)23-11-15(2)21(17)27-10-6-8-16(13-27)20-18(12-24-25-20)22(28)26(3)4/h5,7,9,11-12,16H,6,8,10,13H2,1-4H3,(H,24,25). The van der Waals surface area contributed by atoms with Gasteiger partial charge in [0.2, 0.25) is 0 Å². The second-order valence-electron chi connectivity index (χ2n) is 7.94. The molecule has 1 saturated heterocycles. The van der Waals surface area contributed by atoms with Crippen LogP contribution in [0.4, 0.5) is 5.69 Å². The van der Waals surface area contributed by atoms with Crippen molar-refractivity contribution >= 4 is 22.5 Å². The second kappa shape index (κ2) is 7.26. The van der Waals surface area contributed by atoms with Crippen molar-refractivity contribution in [1.29, 1.82) is 0 Å². The molecular formula is C22H27N5O. The number of benzene rings is 1. The summed E-state index contributed by atoms with van der Waals surface area (Å²) in [5.74, 6) is 0.254. The minimum atomic E-state index is 0.00189. The van der Waals surface area contributed by atoms with Gasteiger partial charge in [0.15, 0.2) is 0 Å². The average Bonchev–Trinajstić information content (AvgIpc) is 3.17. The largest absolute Gasteiger partial charge is 0.370 e. The van der Waals surface area contributed by atoms with E-state index >= 15 is 0 Å². The third-order valence-electron chi connectivity index (χ3n) is 5.70. The third-order valence-corrected chi connectivity index (χ3v) is 5.70. The van der Waals surface area contributed by atoms with E-state index < -0.39 is 0 Å². The van der Waals surface area contributed by atoms with Gasteiger partial charge in [0.05, 0.1) is 28.7 Å². The molecule has 1 atom stereocenters. The Morgan fingerprint density at radius 1 is 1.21 bits per heavy atom. The van der Waals surface area contributed by atoms with Gasteiger partial charge in [-0.3, -0.25) is 14.9 Å². The SMILES string of the molecule is Cc1cnc2c(C)cccc2c1N1CCCC(c2[nH]ncc2C(=O)N(C)C)C1. The molecule has 1 unspecified atom stereocenters. The summed E-state index contributed by atoms with van der Waals surface area (Å²) in [5.41, 5.74) is 6.35. The predicted molar refractivity (Wildman–Crippen MR) is 112 cm³/mol. The van der Waals surface area contributed by atoms with E-state index in [9.17, 15) is 4.79 Å². The number of anilines is 1. The van der Waals surface area contributed by atoms with E-state index in [4.69, 9.17) is 0 Å². The molecule has 28 heavy (non-hydrogen) atoms. The minimum Gasteiger partial charge on any atom is -0.370 e. The maximum absolute atomic E-state index is 12.5. The van der Waals surface area contributed by atoms with Crippen LogP contribution in [0, 0.1) is 13.8 Å². The molecule has 1 N–H and O–H groups in total. The number of carbonyl (C=O) groups excluding carboxylic acids is 1. The van der Waals surface area contributed by atoms with Gasteiger partial charge in [0, 0.05) is 44.7 Å². The highest BCUT2D eigenvalue weighted by Crippen LogP contribution is 2.36. The summed E-state index contributed by atoms with van der Waals surface area (Å²) in [6.45, 7) is 6.11. The van der Waals surface area contributed by atoms with Crippen molar-refractivity contribution in [3.63, 3.8) is 0 Å². The lowest BCUT2D eigenvalue weighted by atomic mass is 9.91. The van der Waals surface area contributed by atoms with Crippen LogP contribution in [0.2, 0.25) is 0 Å². The Hall–Kier alpha value is -2.89. The Morgan fingerprint density at radius 2 is 2.04 bits per heavy atom. The van der Waals surface area contributed by atoms with Gasteiger partial charge in [-0.15, -0.1) is 0 Å². The number of hydrogen-bond donors (Lipinski definition) is 1. The molecule has 6 heteroatoms. The van der Waals surface area contributed by atoms with Crippen LogP contribution < -0.4 is 4.90 Å². The first-order chi connectivity index (χ1) is 13.5. The van der Waals surface area contributed by atoms with Gasteiger partial charge in [-0.05, 0) is 37.8 Å². The third kappa shape index (κ3) is 3.13. The van der Waals surface area contributed by atoms with Crippen LogP contribution in [-0.4, -0.2) is 53.2 Å². The maximum atomic E-state index is 12.5. The Balaban J connectivity index is 1.71. The predicted octanol–water partition coefficient (Wildman–Crippen LogP) is 3.66. The van der Waals surface area contributed by atoms with Gasteiger partial charge in [0.25, 0.3) is 5.91 Å². The number of piperidine rings is 1. The second-order valence-corrected chi connectivity index (χ2v) is 7.94. The number of aromatic amines is 1. The first-order valence-electron chi connectivity index (χ1n) is 9.82. The van der Waals surface area contributed by atoms with E-state index in [-0.39, 0.29) is 11.8 Å². The molecule has 0 spiro atoms. The Bertz CT molecular complexity index is 1020. The zero-order valence-corrected chi connectivity index (χ0v) is 17.0. The van der Waals surface area contributed by atoms with E-state index in [1.165, 1.54) is 22.2 Å². The number of rotatable bonds is 3. The summed E-state index contributed by atoms with van der Waals surface area (Å²) in [5, 5.41) is 8.49. The summed E-state index contributed by atoms with van der Waals surface area (Å²) in [6.07, 6.45) is 5.76. The highest BCUT2D eigenvalue weighted by Gasteiger charge is 2.28. The van der Waals surface area contributed by atoms with E-state index in [1.54, 1.807) is 25.2 Å². The van der Waals surface area contributed by atoms with Crippen LogP contribution in [0.15, 0.2) is 30.6 Å². The Morgan fingerprint density at radius 3 is 2.82 bits per heavy atom. The fraction of sp³-hybridized carbons (Fsp3) is 0.409. The van der Waals surface area contributed by atoms with Gasteiger partial charge in [-0.25, -0.2) is 0 Å². The fourth-order valence-electron chi connectivity index (χ4n) is 4.31.